The third-order valence-electron chi connectivity index (χ3n) is 5.30. The Hall–Kier alpha value is -2.96. The summed E-state index contributed by atoms with van der Waals surface area (Å²) < 4.78 is 57.9. The maximum absolute atomic E-state index is 13.8. The quantitative estimate of drug-likeness (QED) is 0.305. The number of ether oxygens (including phenoxy) is 2. The average molecular weight is 463 g/mol. The number of benzene rings is 2. The van der Waals surface area contributed by atoms with Gasteiger partial charge in [0.05, 0.1) is 12.0 Å². The van der Waals surface area contributed by atoms with Gasteiger partial charge in [-0.25, -0.2) is 0 Å². The molecule has 0 N–H and O–H groups in total. The van der Waals surface area contributed by atoms with E-state index >= 15 is 0 Å². The highest BCUT2D eigenvalue weighted by atomic mass is 19.4. The predicted octanol–water partition coefficient (Wildman–Crippen LogP) is 7.74. The summed E-state index contributed by atoms with van der Waals surface area (Å²) in [6, 6.07) is 7.97. The Morgan fingerprint density at radius 3 is 2.24 bits per heavy atom. The lowest BCUT2D eigenvalue weighted by Gasteiger charge is -2.16. The Bertz CT molecular complexity index is 1160. The number of hydrogen-bond acceptors (Lipinski definition) is 4. The van der Waals surface area contributed by atoms with Crippen LogP contribution in [0.15, 0.2) is 39.5 Å². The Kier molecular flexibility index (Phi) is 7.72. The number of aryl methyl sites for hydroxylation is 3. The third-order valence-corrected chi connectivity index (χ3v) is 5.30. The van der Waals surface area contributed by atoms with Crippen molar-refractivity contribution >= 4 is 11.0 Å². The zero-order chi connectivity index (χ0) is 24.2. The molecule has 178 valence electrons. The summed E-state index contributed by atoms with van der Waals surface area (Å²) in [7, 11) is 0. The smallest absolute Gasteiger partial charge is 0.453 e. The molecule has 0 aliphatic rings. The van der Waals surface area contributed by atoms with Crippen LogP contribution in [0.5, 0.6) is 17.2 Å². The molecule has 33 heavy (non-hydrogen) atoms. The number of rotatable bonds is 9. The molecule has 0 fully saturated rings. The summed E-state index contributed by atoms with van der Waals surface area (Å²) in [4.78, 5) is 13.2. The summed E-state index contributed by atoms with van der Waals surface area (Å²) in [5.74, 6) is -1.74. The fourth-order valence-electron chi connectivity index (χ4n) is 3.87. The fraction of sp³-hybridized carbons (Fsp3) is 0.423. The highest BCUT2D eigenvalue weighted by Gasteiger charge is 2.40. The van der Waals surface area contributed by atoms with Crippen LogP contribution < -0.4 is 14.9 Å². The van der Waals surface area contributed by atoms with Crippen molar-refractivity contribution in [2.45, 2.75) is 66.0 Å². The van der Waals surface area contributed by atoms with Gasteiger partial charge in [-0.1, -0.05) is 32.3 Å². The van der Waals surface area contributed by atoms with Gasteiger partial charge in [-0.15, -0.1) is 0 Å². The van der Waals surface area contributed by atoms with Crippen LogP contribution >= 0.6 is 0 Å². The van der Waals surface area contributed by atoms with Crippen LogP contribution in [0.25, 0.3) is 11.0 Å². The lowest BCUT2D eigenvalue weighted by molar-refractivity contribution is -0.154. The van der Waals surface area contributed by atoms with Gasteiger partial charge in [0, 0.05) is 6.07 Å². The SMILES string of the molecule is CCCCCCc1cc2c(=O)c(Oc3cc(C)cc(C)c3)c(C(F)(F)F)oc2cc1OCC. The maximum atomic E-state index is 13.8. The van der Waals surface area contributed by atoms with E-state index in [4.69, 9.17) is 13.9 Å². The van der Waals surface area contributed by atoms with Crippen LogP contribution in [0.4, 0.5) is 13.2 Å². The first-order chi connectivity index (χ1) is 15.6. The summed E-state index contributed by atoms with van der Waals surface area (Å²) in [5, 5.41) is 0.0383. The summed E-state index contributed by atoms with van der Waals surface area (Å²) in [6.07, 6.45) is -0.188. The lowest BCUT2D eigenvalue weighted by Crippen LogP contribution is -2.16. The standard InChI is InChI=1S/C26H29F3O4/c1-5-7-8-9-10-18-14-20-22(15-21(18)31-6-2)33-25(26(27,28)29)24(23(20)30)32-19-12-16(3)11-17(4)13-19/h11-15H,5-10H2,1-4H3. The first-order valence-electron chi connectivity index (χ1n) is 11.2. The van der Waals surface area contributed by atoms with Gasteiger partial charge in [0.2, 0.25) is 11.2 Å². The van der Waals surface area contributed by atoms with Crippen LogP contribution in [0.2, 0.25) is 0 Å². The largest absolute Gasteiger partial charge is 0.493 e. The van der Waals surface area contributed by atoms with Crippen molar-refractivity contribution in [3.63, 3.8) is 0 Å². The monoisotopic (exact) mass is 462 g/mol. The van der Waals surface area contributed by atoms with E-state index in [9.17, 15) is 18.0 Å². The normalized spacial score (nSPS) is 11.7. The van der Waals surface area contributed by atoms with E-state index < -0.39 is 23.1 Å². The van der Waals surface area contributed by atoms with E-state index in [0.717, 1.165) is 42.4 Å². The van der Waals surface area contributed by atoms with Crippen LogP contribution in [0, 0.1) is 13.8 Å². The number of hydrogen-bond donors (Lipinski definition) is 0. The molecule has 0 saturated heterocycles. The van der Waals surface area contributed by atoms with E-state index in [1.807, 2.05) is 6.07 Å². The number of unbranched alkanes of at least 4 members (excludes halogenated alkanes) is 3. The van der Waals surface area contributed by atoms with Crippen LogP contribution in [0.1, 0.15) is 62.0 Å². The molecule has 7 heteroatoms. The Morgan fingerprint density at radius 2 is 1.64 bits per heavy atom. The molecule has 0 aliphatic heterocycles. The maximum Gasteiger partial charge on any atom is 0.453 e. The Balaban J connectivity index is 2.17. The second-order valence-corrected chi connectivity index (χ2v) is 8.21. The lowest BCUT2D eigenvalue weighted by atomic mass is 10.0. The average Bonchev–Trinajstić information content (AvgIpc) is 2.72. The van der Waals surface area contributed by atoms with Crippen molar-refractivity contribution in [2.75, 3.05) is 6.61 Å². The van der Waals surface area contributed by atoms with Crippen LogP contribution in [-0.4, -0.2) is 6.61 Å². The molecular formula is C26H29F3O4. The van der Waals surface area contributed by atoms with E-state index in [-0.39, 0.29) is 16.7 Å². The Morgan fingerprint density at radius 1 is 0.939 bits per heavy atom. The zero-order valence-corrected chi connectivity index (χ0v) is 19.4. The molecule has 2 aromatic carbocycles. The van der Waals surface area contributed by atoms with Gasteiger partial charge in [0.1, 0.15) is 17.1 Å². The summed E-state index contributed by atoms with van der Waals surface area (Å²) >= 11 is 0. The number of halogens is 3. The Labute approximate surface area is 191 Å². The summed E-state index contributed by atoms with van der Waals surface area (Å²) in [6.45, 7) is 7.85. The highest BCUT2D eigenvalue weighted by molar-refractivity contribution is 5.81. The van der Waals surface area contributed by atoms with Gasteiger partial charge in [-0.2, -0.15) is 13.2 Å². The molecule has 3 rings (SSSR count). The highest BCUT2D eigenvalue weighted by Crippen LogP contribution is 2.39. The predicted molar refractivity (Wildman–Crippen MR) is 122 cm³/mol. The number of fused-ring (bicyclic) bond motifs is 1. The second-order valence-electron chi connectivity index (χ2n) is 8.21. The molecule has 3 aromatic rings. The van der Waals surface area contributed by atoms with Gasteiger partial charge in [-0.05, 0) is 68.5 Å². The van der Waals surface area contributed by atoms with Crippen LogP contribution in [-0.2, 0) is 12.6 Å². The molecule has 4 nitrogen and oxygen atoms in total. The van der Waals surface area contributed by atoms with Gasteiger partial charge in [-0.3, -0.25) is 4.79 Å². The topological polar surface area (TPSA) is 48.7 Å². The molecular weight excluding hydrogens is 433 g/mol. The zero-order valence-electron chi connectivity index (χ0n) is 19.4. The van der Waals surface area contributed by atoms with Crippen molar-refractivity contribution in [3.8, 4) is 17.2 Å². The van der Waals surface area contributed by atoms with Gasteiger partial charge < -0.3 is 13.9 Å². The molecule has 0 unspecified atom stereocenters. The van der Waals surface area contributed by atoms with Gasteiger partial charge >= 0.3 is 6.18 Å². The summed E-state index contributed by atoms with van der Waals surface area (Å²) in [5.41, 5.74) is 1.34. The minimum atomic E-state index is -4.91. The molecule has 0 saturated carbocycles. The fourth-order valence-corrected chi connectivity index (χ4v) is 3.87. The van der Waals surface area contributed by atoms with Gasteiger partial charge in [0.25, 0.3) is 5.76 Å². The minimum absolute atomic E-state index is 0.0383. The van der Waals surface area contributed by atoms with Crippen molar-refractivity contribution in [1.82, 2.24) is 0 Å². The van der Waals surface area contributed by atoms with Crippen molar-refractivity contribution in [3.05, 3.63) is 63.0 Å². The van der Waals surface area contributed by atoms with Crippen molar-refractivity contribution in [1.29, 1.82) is 0 Å². The van der Waals surface area contributed by atoms with E-state index in [1.165, 1.54) is 6.07 Å². The van der Waals surface area contributed by atoms with Crippen molar-refractivity contribution < 1.29 is 27.1 Å². The second kappa shape index (κ2) is 10.3. The molecule has 0 radical (unpaired) electrons. The molecule has 1 aromatic heterocycles. The van der Waals surface area contributed by atoms with Crippen molar-refractivity contribution in [2.24, 2.45) is 0 Å². The van der Waals surface area contributed by atoms with Gasteiger partial charge in [0.15, 0.2) is 0 Å². The third kappa shape index (κ3) is 5.89. The molecule has 0 amide bonds. The molecule has 0 atom stereocenters. The first kappa shape index (κ1) is 24.7. The molecule has 0 bridgehead atoms. The van der Waals surface area contributed by atoms with E-state index in [0.29, 0.717) is 18.8 Å². The molecule has 1 heterocycles. The first-order valence-corrected chi connectivity index (χ1v) is 11.2. The number of alkyl halides is 3. The molecule has 0 aliphatic carbocycles. The van der Waals surface area contributed by atoms with E-state index in [2.05, 4.69) is 6.92 Å². The van der Waals surface area contributed by atoms with E-state index in [1.54, 1.807) is 39.0 Å². The minimum Gasteiger partial charge on any atom is -0.493 e. The van der Waals surface area contributed by atoms with Crippen LogP contribution in [0.3, 0.4) is 0 Å². The molecule has 0 spiro atoms.